The monoisotopic (exact) mass is 202 g/mol. The Bertz CT molecular complexity index is 239. The van der Waals surface area contributed by atoms with Crippen molar-refractivity contribution >= 4 is 17.8 Å². The molecule has 0 unspecified atom stereocenters. The maximum absolute atomic E-state index is 11.0. The van der Waals surface area contributed by atoms with Crippen LogP contribution in [-0.4, -0.2) is 28.9 Å². The molecule has 4 N–H and O–H groups in total. The molecule has 0 heterocycles. The molecule has 1 atom stereocenters. The van der Waals surface area contributed by atoms with E-state index in [2.05, 4.69) is 5.32 Å². The summed E-state index contributed by atoms with van der Waals surface area (Å²) in [4.78, 5) is 31.9. The van der Waals surface area contributed by atoms with Crippen LogP contribution in [0.3, 0.4) is 0 Å². The Morgan fingerprint density at radius 3 is 2.36 bits per heavy atom. The van der Waals surface area contributed by atoms with Crippen molar-refractivity contribution in [3.05, 3.63) is 0 Å². The first-order valence-electron chi connectivity index (χ1n) is 4.27. The van der Waals surface area contributed by atoms with Gasteiger partial charge in [-0.3, -0.25) is 9.59 Å². The number of hydrogen-bond acceptors (Lipinski definition) is 3. The van der Waals surface area contributed by atoms with Crippen molar-refractivity contribution in [2.45, 2.75) is 32.2 Å². The lowest BCUT2D eigenvalue weighted by Crippen LogP contribution is -2.41. The van der Waals surface area contributed by atoms with Gasteiger partial charge in [-0.25, -0.2) is 4.79 Å². The van der Waals surface area contributed by atoms with E-state index in [-0.39, 0.29) is 0 Å². The molecule has 0 radical (unpaired) electrons. The summed E-state index contributed by atoms with van der Waals surface area (Å²) in [5.41, 5.74) is 4.77. The van der Waals surface area contributed by atoms with E-state index in [9.17, 15) is 14.4 Å². The number of aliphatic carboxylic acids is 1. The lowest BCUT2D eigenvalue weighted by atomic mass is 10.1. The van der Waals surface area contributed by atoms with Gasteiger partial charge in [0.05, 0.1) is 0 Å². The fourth-order valence-electron chi connectivity index (χ4n) is 0.950. The summed E-state index contributed by atoms with van der Waals surface area (Å²) in [5, 5.41) is 10.9. The number of rotatable bonds is 6. The van der Waals surface area contributed by atoms with Gasteiger partial charge in [0.2, 0.25) is 11.8 Å². The zero-order valence-electron chi connectivity index (χ0n) is 7.95. The summed E-state index contributed by atoms with van der Waals surface area (Å²) in [7, 11) is 0. The molecule has 6 heteroatoms. The van der Waals surface area contributed by atoms with Crippen molar-refractivity contribution in [1.29, 1.82) is 0 Å². The van der Waals surface area contributed by atoms with Crippen LogP contribution in [0.5, 0.6) is 0 Å². The van der Waals surface area contributed by atoms with Crippen LogP contribution in [0.15, 0.2) is 0 Å². The zero-order valence-corrected chi connectivity index (χ0v) is 7.95. The summed E-state index contributed by atoms with van der Waals surface area (Å²) in [6.45, 7) is 1.80. The second-order valence-electron chi connectivity index (χ2n) is 2.89. The van der Waals surface area contributed by atoms with Crippen LogP contribution in [0.2, 0.25) is 0 Å². The molecule has 0 aliphatic heterocycles. The van der Waals surface area contributed by atoms with Crippen molar-refractivity contribution < 1.29 is 19.5 Å². The minimum absolute atomic E-state index is 0.333. The summed E-state index contributed by atoms with van der Waals surface area (Å²) in [6.07, 6.45) is 0.487. The third-order valence-corrected chi connectivity index (χ3v) is 1.55. The molecule has 0 saturated heterocycles. The van der Waals surface area contributed by atoms with E-state index >= 15 is 0 Å². The Kier molecular flexibility index (Phi) is 5.28. The molecular weight excluding hydrogens is 188 g/mol. The average Bonchev–Trinajstić information content (AvgIpc) is 2.01. The highest BCUT2D eigenvalue weighted by Gasteiger charge is 2.19. The van der Waals surface area contributed by atoms with Gasteiger partial charge < -0.3 is 16.2 Å². The molecule has 0 aliphatic carbocycles. The van der Waals surface area contributed by atoms with Crippen molar-refractivity contribution in [3.8, 4) is 0 Å². The van der Waals surface area contributed by atoms with Crippen LogP contribution in [0, 0.1) is 0 Å². The molecule has 0 aromatic carbocycles. The Hall–Kier alpha value is -1.59. The van der Waals surface area contributed by atoms with Gasteiger partial charge in [-0.05, 0) is 6.42 Å². The number of hydrogen-bond donors (Lipinski definition) is 3. The van der Waals surface area contributed by atoms with Crippen LogP contribution in [0.1, 0.15) is 26.2 Å². The van der Waals surface area contributed by atoms with E-state index in [4.69, 9.17) is 10.8 Å². The van der Waals surface area contributed by atoms with E-state index in [1.807, 2.05) is 0 Å². The van der Waals surface area contributed by atoms with E-state index in [0.29, 0.717) is 12.8 Å². The highest BCUT2D eigenvalue weighted by atomic mass is 16.4. The molecule has 6 nitrogen and oxygen atoms in total. The molecule has 80 valence electrons. The van der Waals surface area contributed by atoms with Gasteiger partial charge in [-0.2, -0.15) is 0 Å². The zero-order chi connectivity index (χ0) is 11.1. The molecule has 0 saturated carbocycles. The predicted molar refractivity (Wildman–Crippen MR) is 48.3 cm³/mol. The Morgan fingerprint density at radius 2 is 2.00 bits per heavy atom. The van der Waals surface area contributed by atoms with Crippen LogP contribution < -0.4 is 11.1 Å². The first-order chi connectivity index (χ1) is 6.47. The number of carboxylic acid groups (broad SMARTS) is 1. The number of carbonyl (C=O) groups excluding carboxylic acids is 2. The topological polar surface area (TPSA) is 109 Å². The smallest absolute Gasteiger partial charge is 0.326 e. The molecule has 0 aromatic rings. The third kappa shape index (κ3) is 5.13. The summed E-state index contributed by atoms with van der Waals surface area (Å²) in [6, 6.07) is -0.938. The maximum Gasteiger partial charge on any atom is 0.326 e. The normalized spacial score (nSPS) is 11.8. The molecular formula is C8H14N2O4. The Morgan fingerprint density at radius 1 is 1.43 bits per heavy atom. The molecule has 14 heavy (non-hydrogen) atoms. The molecule has 0 bridgehead atoms. The summed E-state index contributed by atoms with van der Waals surface area (Å²) < 4.78 is 0. The average molecular weight is 202 g/mol. The van der Waals surface area contributed by atoms with Crippen molar-refractivity contribution in [3.63, 3.8) is 0 Å². The van der Waals surface area contributed by atoms with Crippen LogP contribution in [0.4, 0.5) is 0 Å². The van der Waals surface area contributed by atoms with Gasteiger partial charge in [0.15, 0.2) is 0 Å². The second kappa shape index (κ2) is 5.95. The van der Waals surface area contributed by atoms with Gasteiger partial charge in [-0.1, -0.05) is 13.3 Å². The van der Waals surface area contributed by atoms with Gasteiger partial charge >= 0.3 is 5.97 Å². The van der Waals surface area contributed by atoms with E-state index in [1.54, 1.807) is 6.92 Å². The molecule has 0 spiro atoms. The standard InChI is InChI=1S/C8H14N2O4/c1-2-3-5(8(13)14)10-7(12)4-6(9)11/h5H,2-4H2,1H3,(H2,9,11)(H,10,12)(H,13,14)/t5-/m1/s1. The SMILES string of the molecule is CCC[C@@H](NC(=O)CC(N)=O)C(=O)O. The maximum atomic E-state index is 11.0. The van der Waals surface area contributed by atoms with Gasteiger partial charge in [-0.15, -0.1) is 0 Å². The third-order valence-electron chi connectivity index (χ3n) is 1.55. The highest BCUT2D eigenvalue weighted by Crippen LogP contribution is 1.97. The fraction of sp³-hybridized carbons (Fsp3) is 0.625. The minimum atomic E-state index is -1.11. The summed E-state index contributed by atoms with van der Waals surface area (Å²) in [5.74, 6) is -2.54. The minimum Gasteiger partial charge on any atom is -0.480 e. The Balaban J connectivity index is 4.09. The van der Waals surface area contributed by atoms with E-state index in [0.717, 1.165) is 0 Å². The molecule has 2 amide bonds. The van der Waals surface area contributed by atoms with Gasteiger partial charge in [0.25, 0.3) is 0 Å². The quantitative estimate of drug-likeness (QED) is 0.491. The number of amides is 2. The largest absolute Gasteiger partial charge is 0.480 e. The molecule has 0 rings (SSSR count). The lowest BCUT2D eigenvalue weighted by molar-refractivity contribution is -0.142. The number of nitrogens with one attached hydrogen (secondary N) is 1. The van der Waals surface area contributed by atoms with Crippen molar-refractivity contribution in [1.82, 2.24) is 5.32 Å². The molecule has 0 aliphatic rings. The number of carbonyl (C=O) groups is 3. The molecule has 0 fully saturated rings. The Labute approximate surface area is 81.5 Å². The van der Waals surface area contributed by atoms with Crippen molar-refractivity contribution in [2.24, 2.45) is 5.73 Å². The van der Waals surface area contributed by atoms with Gasteiger partial charge in [0, 0.05) is 0 Å². The van der Waals surface area contributed by atoms with E-state index in [1.165, 1.54) is 0 Å². The molecule has 0 aromatic heterocycles. The predicted octanol–water partition coefficient (Wildman–Crippen LogP) is -0.769. The lowest BCUT2D eigenvalue weighted by Gasteiger charge is -2.12. The van der Waals surface area contributed by atoms with Crippen LogP contribution in [-0.2, 0) is 14.4 Å². The van der Waals surface area contributed by atoms with Gasteiger partial charge in [0.1, 0.15) is 12.5 Å². The first-order valence-corrected chi connectivity index (χ1v) is 4.27. The van der Waals surface area contributed by atoms with Crippen molar-refractivity contribution in [2.75, 3.05) is 0 Å². The number of primary amides is 1. The number of nitrogens with two attached hydrogens (primary N) is 1. The van der Waals surface area contributed by atoms with Crippen LogP contribution >= 0.6 is 0 Å². The van der Waals surface area contributed by atoms with Crippen LogP contribution in [0.25, 0.3) is 0 Å². The highest BCUT2D eigenvalue weighted by molar-refractivity contribution is 5.97. The van der Waals surface area contributed by atoms with E-state index < -0.39 is 30.2 Å². The first kappa shape index (κ1) is 12.4. The summed E-state index contributed by atoms with van der Waals surface area (Å²) >= 11 is 0. The fourth-order valence-corrected chi connectivity index (χ4v) is 0.950. The number of carboxylic acids is 1. The second-order valence-corrected chi connectivity index (χ2v) is 2.89.